The number of fused-ring (bicyclic) bond motifs is 1. The second-order valence-corrected chi connectivity index (χ2v) is 8.83. The van der Waals surface area contributed by atoms with Crippen LogP contribution in [0, 0.1) is 6.92 Å². The summed E-state index contributed by atoms with van der Waals surface area (Å²) in [6, 6.07) is 7.74. The lowest BCUT2D eigenvalue weighted by Gasteiger charge is -2.09. The molecule has 0 fully saturated rings. The van der Waals surface area contributed by atoms with E-state index in [0.717, 1.165) is 34.1 Å². The molecule has 0 radical (unpaired) electrons. The number of anilines is 1. The predicted molar refractivity (Wildman–Crippen MR) is 129 cm³/mol. The van der Waals surface area contributed by atoms with Crippen LogP contribution in [0.5, 0.6) is 0 Å². The van der Waals surface area contributed by atoms with Gasteiger partial charge in [0, 0.05) is 36.5 Å². The lowest BCUT2D eigenvalue weighted by molar-refractivity contribution is -0.112. The molecule has 0 spiro atoms. The Morgan fingerprint density at radius 1 is 1.24 bits per heavy atom. The molecule has 1 aliphatic carbocycles. The average Bonchev–Trinajstić information content (AvgIpc) is 3.49. The maximum absolute atomic E-state index is 12.2. The first-order valence-corrected chi connectivity index (χ1v) is 11.5. The Labute approximate surface area is 194 Å². The minimum atomic E-state index is -0.552. The monoisotopic (exact) mass is 458 g/mol. The van der Waals surface area contributed by atoms with E-state index in [1.807, 2.05) is 30.5 Å². The number of thiazole rings is 1. The first kappa shape index (κ1) is 21.0. The zero-order valence-corrected chi connectivity index (χ0v) is 18.9. The van der Waals surface area contributed by atoms with Crippen molar-refractivity contribution in [3.05, 3.63) is 64.7 Å². The van der Waals surface area contributed by atoms with Gasteiger partial charge in [-0.3, -0.25) is 4.79 Å². The summed E-state index contributed by atoms with van der Waals surface area (Å²) in [5.74, 6) is 1.03. The fraction of sp³-hybridized carbons (Fsp3) is 0.208. The summed E-state index contributed by atoms with van der Waals surface area (Å²) in [5.41, 5.74) is 8.10. The predicted octanol–water partition coefficient (Wildman–Crippen LogP) is 4.95. The van der Waals surface area contributed by atoms with E-state index in [1.54, 1.807) is 19.3 Å². The molecule has 1 aliphatic rings. The van der Waals surface area contributed by atoms with Crippen LogP contribution in [-0.2, 0) is 4.79 Å². The van der Waals surface area contributed by atoms with E-state index in [9.17, 15) is 4.79 Å². The molecule has 5 rings (SSSR count). The standard InChI is InChI=1S/C24H22N6O2S/c1-14-29-22(30-32-14)17-8-7-15-9-10-26-23(18(15)11-17)27-12-19(21(25)31)24-28-13-20(33-24)16-5-3-2-4-6-16/h5,7-13H,2-4,6H2,1H3,(H2,25,31)(H,26,27). The van der Waals surface area contributed by atoms with E-state index < -0.39 is 5.91 Å². The topological polar surface area (TPSA) is 120 Å². The highest BCUT2D eigenvalue weighted by Gasteiger charge is 2.16. The van der Waals surface area contributed by atoms with Gasteiger partial charge in [0.25, 0.3) is 5.91 Å². The van der Waals surface area contributed by atoms with Crippen LogP contribution in [0.2, 0.25) is 0 Å². The van der Waals surface area contributed by atoms with Crippen LogP contribution in [0.25, 0.3) is 33.3 Å². The number of nitrogens with two attached hydrogens (primary N) is 1. The second-order valence-electron chi connectivity index (χ2n) is 7.80. The molecule has 8 nitrogen and oxygen atoms in total. The quantitative estimate of drug-likeness (QED) is 0.392. The van der Waals surface area contributed by atoms with E-state index in [2.05, 4.69) is 31.5 Å². The molecule has 3 N–H and O–H groups in total. The summed E-state index contributed by atoms with van der Waals surface area (Å²) in [6.45, 7) is 1.75. The Balaban J connectivity index is 1.47. The highest BCUT2D eigenvalue weighted by molar-refractivity contribution is 7.14. The normalized spacial score (nSPS) is 14.3. The van der Waals surface area contributed by atoms with Crippen molar-refractivity contribution in [3.8, 4) is 11.4 Å². The van der Waals surface area contributed by atoms with E-state index in [1.165, 1.54) is 29.8 Å². The minimum Gasteiger partial charge on any atom is -0.365 e. The number of primary amides is 1. The van der Waals surface area contributed by atoms with Gasteiger partial charge in [-0.05, 0) is 48.8 Å². The summed E-state index contributed by atoms with van der Waals surface area (Å²) < 4.78 is 5.10. The summed E-state index contributed by atoms with van der Waals surface area (Å²) in [4.78, 5) is 26.5. The van der Waals surface area contributed by atoms with Crippen LogP contribution in [0.1, 0.15) is 41.5 Å². The van der Waals surface area contributed by atoms with Crippen LogP contribution in [0.15, 0.2) is 53.5 Å². The molecule has 0 saturated carbocycles. The van der Waals surface area contributed by atoms with Gasteiger partial charge in [-0.2, -0.15) is 4.98 Å². The van der Waals surface area contributed by atoms with Crippen molar-refractivity contribution >= 4 is 45.0 Å². The molecule has 0 unspecified atom stereocenters. The number of carbonyl (C=O) groups excluding carboxylic acids is 1. The number of rotatable bonds is 6. The first-order valence-electron chi connectivity index (χ1n) is 10.7. The fourth-order valence-electron chi connectivity index (χ4n) is 3.83. The molecule has 33 heavy (non-hydrogen) atoms. The third kappa shape index (κ3) is 4.40. The average molecular weight is 459 g/mol. The minimum absolute atomic E-state index is 0.311. The van der Waals surface area contributed by atoms with E-state index >= 15 is 0 Å². The molecule has 0 atom stereocenters. The molecule has 0 bridgehead atoms. The van der Waals surface area contributed by atoms with Crippen LogP contribution in [0.4, 0.5) is 5.82 Å². The molecule has 3 aromatic heterocycles. The molecule has 0 saturated heterocycles. The zero-order valence-electron chi connectivity index (χ0n) is 18.0. The Morgan fingerprint density at radius 3 is 2.91 bits per heavy atom. The maximum atomic E-state index is 12.2. The molecule has 1 amide bonds. The number of allylic oxidation sites excluding steroid dienone is 2. The molecule has 9 heteroatoms. The SMILES string of the molecule is Cc1nc(-c2ccc3ccnc(NC=C(C(N)=O)c4ncc(C5=CCCCC5)s4)c3c2)no1. The molecule has 0 aliphatic heterocycles. The number of nitrogens with zero attached hydrogens (tertiary/aromatic N) is 4. The van der Waals surface area contributed by atoms with Gasteiger partial charge in [0.2, 0.25) is 11.7 Å². The number of hydrogen-bond donors (Lipinski definition) is 2. The number of aromatic nitrogens is 4. The lowest BCUT2D eigenvalue weighted by Crippen LogP contribution is -2.14. The maximum Gasteiger partial charge on any atom is 0.253 e. The fourth-order valence-corrected chi connectivity index (χ4v) is 4.83. The van der Waals surface area contributed by atoms with Crippen molar-refractivity contribution < 1.29 is 9.32 Å². The molecule has 1 aromatic carbocycles. The Morgan fingerprint density at radius 2 is 2.15 bits per heavy atom. The van der Waals surface area contributed by atoms with E-state index in [4.69, 9.17) is 10.3 Å². The first-order chi connectivity index (χ1) is 16.1. The van der Waals surface area contributed by atoms with E-state index in [-0.39, 0.29) is 0 Å². The highest BCUT2D eigenvalue weighted by Crippen LogP contribution is 2.33. The number of amides is 1. The van der Waals surface area contributed by atoms with Gasteiger partial charge in [-0.1, -0.05) is 23.4 Å². The van der Waals surface area contributed by atoms with Crippen molar-refractivity contribution in [2.75, 3.05) is 5.32 Å². The third-order valence-electron chi connectivity index (χ3n) is 5.51. The Bertz CT molecular complexity index is 1400. The third-order valence-corrected chi connectivity index (χ3v) is 6.62. The molecule has 3 heterocycles. The summed E-state index contributed by atoms with van der Waals surface area (Å²) in [5, 5.41) is 9.56. The van der Waals surface area contributed by atoms with Crippen molar-refractivity contribution in [3.63, 3.8) is 0 Å². The number of pyridine rings is 1. The summed E-state index contributed by atoms with van der Waals surface area (Å²) >= 11 is 1.48. The number of hydrogen-bond acceptors (Lipinski definition) is 8. The Kier molecular flexibility index (Phi) is 5.70. The van der Waals surface area contributed by atoms with E-state index in [0.29, 0.717) is 28.1 Å². The lowest BCUT2D eigenvalue weighted by atomic mass is 9.99. The van der Waals surface area contributed by atoms with Crippen molar-refractivity contribution in [2.45, 2.75) is 32.6 Å². The number of aryl methyl sites for hydroxylation is 1. The number of carbonyl (C=O) groups is 1. The summed E-state index contributed by atoms with van der Waals surface area (Å²) in [7, 11) is 0. The van der Waals surface area contributed by atoms with Crippen LogP contribution in [0.3, 0.4) is 0 Å². The van der Waals surface area contributed by atoms with Gasteiger partial charge in [-0.15, -0.1) is 11.3 Å². The van der Waals surface area contributed by atoms with Crippen LogP contribution >= 0.6 is 11.3 Å². The van der Waals surface area contributed by atoms with Gasteiger partial charge in [-0.25, -0.2) is 9.97 Å². The van der Waals surface area contributed by atoms with Gasteiger partial charge in [0.1, 0.15) is 10.8 Å². The van der Waals surface area contributed by atoms with Crippen LogP contribution in [-0.4, -0.2) is 26.0 Å². The van der Waals surface area contributed by atoms with Gasteiger partial charge in [0.15, 0.2) is 0 Å². The zero-order chi connectivity index (χ0) is 22.8. The van der Waals surface area contributed by atoms with Crippen LogP contribution < -0.4 is 11.1 Å². The Hall–Kier alpha value is -3.85. The summed E-state index contributed by atoms with van der Waals surface area (Å²) in [6.07, 6.45) is 11.9. The molecular formula is C24H22N6O2S. The largest absolute Gasteiger partial charge is 0.365 e. The van der Waals surface area contributed by atoms with Crippen molar-refractivity contribution in [1.82, 2.24) is 20.1 Å². The smallest absolute Gasteiger partial charge is 0.253 e. The molecule has 4 aromatic rings. The number of benzene rings is 1. The van der Waals surface area contributed by atoms with Gasteiger partial charge in [0.05, 0.1) is 10.5 Å². The highest BCUT2D eigenvalue weighted by atomic mass is 32.1. The molecule has 166 valence electrons. The molecular weight excluding hydrogens is 436 g/mol. The van der Waals surface area contributed by atoms with Crippen molar-refractivity contribution in [1.29, 1.82) is 0 Å². The van der Waals surface area contributed by atoms with Crippen molar-refractivity contribution in [2.24, 2.45) is 5.73 Å². The number of nitrogens with one attached hydrogen (secondary N) is 1. The van der Waals surface area contributed by atoms with Gasteiger partial charge < -0.3 is 15.6 Å². The van der Waals surface area contributed by atoms with Gasteiger partial charge >= 0.3 is 0 Å². The second kappa shape index (κ2) is 8.95.